The van der Waals surface area contributed by atoms with Crippen molar-refractivity contribution in [2.45, 2.75) is 58.8 Å². The van der Waals surface area contributed by atoms with E-state index in [0.29, 0.717) is 0 Å². The average Bonchev–Trinajstić information content (AvgIpc) is 2.55. The standard InChI is InChI=1S/C20H27NO2S/c1-3-4-5-6-7-8-17-14-20(23)18-13-16(9-10-19(18)21-17)11-12-24-15(2)22/h9-10,13-14H,3-8,11-12H2,1-2H3,(H,21,23). The Bertz CT molecular complexity index is 736. The summed E-state index contributed by atoms with van der Waals surface area (Å²) in [5, 5.41) is 0.882. The van der Waals surface area contributed by atoms with Gasteiger partial charge in [-0.3, -0.25) is 9.59 Å². The largest absolute Gasteiger partial charge is 0.358 e. The molecule has 0 fully saturated rings. The maximum atomic E-state index is 12.4. The first kappa shape index (κ1) is 18.8. The lowest BCUT2D eigenvalue weighted by molar-refractivity contribution is -0.109. The van der Waals surface area contributed by atoms with Crippen LogP contribution in [0.2, 0.25) is 0 Å². The molecule has 2 rings (SSSR count). The van der Waals surface area contributed by atoms with Crippen molar-refractivity contribution in [2.24, 2.45) is 0 Å². The van der Waals surface area contributed by atoms with Crippen LogP contribution in [0.3, 0.4) is 0 Å². The second-order valence-corrected chi connectivity index (χ2v) is 7.56. The van der Waals surface area contributed by atoms with Gasteiger partial charge in [-0.15, -0.1) is 0 Å². The molecule has 2 aromatic rings. The molecular weight excluding hydrogens is 318 g/mol. The number of nitrogens with one attached hydrogen (secondary N) is 1. The van der Waals surface area contributed by atoms with Gasteiger partial charge in [0.1, 0.15) is 0 Å². The Hall–Kier alpha value is -1.55. The van der Waals surface area contributed by atoms with Crippen LogP contribution in [-0.4, -0.2) is 15.9 Å². The van der Waals surface area contributed by atoms with E-state index in [1.165, 1.54) is 37.4 Å². The molecule has 24 heavy (non-hydrogen) atoms. The highest BCUT2D eigenvalue weighted by Crippen LogP contribution is 2.15. The van der Waals surface area contributed by atoms with E-state index >= 15 is 0 Å². The van der Waals surface area contributed by atoms with E-state index in [1.807, 2.05) is 18.2 Å². The molecule has 0 unspecified atom stereocenters. The first-order chi connectivity index (χ1) is 11.6. The van der Waals surface area contributed by atoms with Crippen LogP contribution < -0.4 is 5.43 Å². The number of benzene rings is 1. The molecule has 0 saturated carbocycles. The lowest BCUT2D eigenvalue weighted by Gasteiger charge is -2.07. The van der Waals surface area contributed by atoms with Crippen molar-refractivity contribution in [2.75, 3.05) is 5.75 Å². The van der Waals surface area contributed by atoms with E-state index in [2.05, 4.69) is 11.9 Å². The number of hydrogen-bond acceptors (Lipinski definition) is 3. The minimum absolute atomic E-state index is 0.0911. The second kappa shape index (κ2) is 9.67. The van der Waals surface area contributed by atoms with Crippen molar-refractivity contribution in [3.63, 3.8) is 0 Å². The van der Waals surface area contributed by atoms with Crippen molar-refractivity contribution >= 4 is 27.8 Å². The lowest BCUT2D eigenvalue weighted by Crippen LogP contribution is -2.06. The van der Waals surface area contributed by atoms with Crippen molar-refractivity contribution < 1.29 is 4.79 Å². The number of carbonyl (C=O) groups excluding carboxylic acids is 1. The van der Waals surface area contributed by atoms with Gasteiger partial charge >= 0.3 is 0 Å². The fourth-order valence-corrected chi connectivity index (χ4v) is 3.50. The predicted molar refractivity (Wildman–Crippen MR) is 104 cm³/mol. The number of aryl methyl sites for hydroxylation is 2. The molecular formula is C20H27NO2S. The zero-order chi connectivity index (χ0) is 17.4. The number of aromatic amines is 1. The lowest BCUT2D eigenvalue weighted by atomic mass is 10.1. The summed E-state index contributed by atoms with van der Waals surface area (Å²) in [4.78, 5) is 26.8. The van der Waals surface area contributed by atoms with Crippen LogP contribution in [0.1, 0.15) is 57.2 Å². The average molecular weight is 346 g/mol. The van der Waals surface area contributed by atoms with Gasteiger partial charge in [0.2, 0.25) is 0 Å². The highest BCUT2D eigenvalue weighted by molar-refractivity contribution is 8.13. The summed E-state index contributed by atoms with van der Waals surface area (Å²) in [6, 6.07) is 7.74. The van der Waals surface area contributed by atoms with Gasteiger partial charge in [-0.2, -0.15) is 0 Å². The molecule has 0 amide bonds. The third-order valence-corrected chi connectivity index (χ3v) is 5.01. The normalized spacial score (nSPS) is 11.1. The number of aromatic nitrogens is 1. The molecule has 1 heterocycles. The summed E-state index contributed by atoms with van der Waals surface area (Å²) in [7, 11) is 0. The number of unbranched alkanes of at least 4 members (excludes halogenated alkanes) is 4. The number of H-pyrrole nitrogens is 1. The van der Waals surface area contributed by atoms with Crippen LogP contribution in [0, 0.1) is 0 Å². The topological polar surface area (TPSA) is 49.9 Å². The zero-order valence-corrected chi connectivity index (χ0v) is 15.5. The van der Waals surface area contributed by atoms with E-state index in [0.717, 1.165) is 47.2 Å². The molecule has 4 heteroatoms. The number of hydrogen-bond donors (Lipinski definition) is 1. The van der Waals surface area contributed by atoms with E-state index in [9.17, 15) is 9.59 Å². The van der Waals surface area contributed by atoms with E-state index in [-0.39, 0.29) is 10.5 Å². The summed E-state index contributed by atoms with van der Waals surface area (Å²) in [5.41, 5.74) is 3.14. The molecule has 1 aromatic carbocycles. The fourth-order valence-electron chi connectivity index (χ4n) is 2.87. The second-order valence-electron chi connectivity index (χ2n) is 6.29. The molecule has 3 nitrogen and oxygen atoms in total. The molecule has 0 bridgehead atoms. The van der Waals surface area contributed by atoms with Gasteiger partial charge in [-0.25, -0.2) is 0 Å². The van der Waals surface area contributed by atoms with Gasteiger partial charge in [0, 0.05) is 35.3 Å². The van der Waals surface area contributed by atoms with Gasteiger partial charge in [0.05, 0.1) is 0 Å². The number of rotatable bonds is 9. The maximum absolute atomic E-state index is 12.4. The third-order valence-electron chi connectivity index (χ3n) is 4.20. The Morgan fingerprint density at radius 1 is 1.08 bits per heavy atom. The van der Waals surface area contributed by atoms with E-state index in [1.54, 1.807) is 13.0 Å². The van der Waals surface area contributed by atoms with Crippen LogP contribution in [0.25, 0.3) is 10.9 Å². The van der Waals surface area contributed by atoms with Gasteiger partial charge in [0.25, 0.3) is 0 Å². The molecule has 0 spiro atoms. The van der Waals surface area contributed by atoms with Gasteiger partial charge in [-0.05, 0) is 37.0 Å². The third kappa shape index (κ3) is 5.82. The zero-order valence-electron chi connectivity index (χ0n) is 14.7. The highest BCUT2D eigenvalue weighted by atomic mass is 32.2. The monoisotopic (exact) mass is 345 g/mol. The molecule has 0 radical (unpaired) electrons. The summed E-state index contributed by atoms with van der Waals surface area (Å²) in [6.45, 7) is 3.80. The summed E-state index contributed by atoms with van der Waals surface area (Å²) in [6.07, 6.45) is 7.90. The van der Waals surface area contributed by atoms with Gasteiger partial charge < -0.3 is 4.98 Å². The quantitative estimate of drug-likeness (QED) is 0.660. The molecule has 0 aliphatic rings. The van der Waals surface area contributed by atoms with Crippen molar-refractivity contribution in [1.82, 2.24) is 4.98 Å². The van der Waals surface area contributed by atoms with Crippen LogP contribution in [-0.2, 0) is 17.6 Å². The van der Waals surface area contributed by atoms with Gasteiger partial charge in [-0.1, -0.05) is 50.4 Å². The first-order valence-corrected chi connectivity index (χ1v) is 9.87. The molecule has 0 aliphatic heterocycles. The Labute approximate surface area is 148 Å². The van der Waals surface area contributed by atoms with Crippen LogP contribution in [0.5, 0.6) is 0 Å². The summed E-state index contributed by atoms with van der Waals surface area (Å²) in [5.74, 6) is 0.759. The minimum Gasteiger partial charge on any atom is -0.358 e. The molecule has 0 atom stereocenters. The van der Waals surface area contributed by atoms with Crippen LogP contribution in [0.4, 0.5) is 0 Å². The number of thioether (sulfide) groups is 1. The first-order valence-electron chi connectivity index (χ1n) is 8.88. The maximum Gasteiger partial charge on any atom is 0.189 e. The van der Waals surface area contributed by atoms with Gasteiger partial charge in [0.15, 0.2) is 10.5 Å². The predicted octanol–water partition coefficient (Wildman–Crippen LogP) is 4.86. The Balaban J connectivity index is 2.03. The molecule has 1 N–H and O–H groups in total. The highest BCUT2D eigenvalue weighted by Gasteiger charge is 2.05. The molecule has 0 saturated heterocycles. The van der Waals surface area contributed by atoms with Crippen LogP contribution >= 0.6 is 11.8 Å². The Kier molecular flexibility index (Phi) is 7.57. The molecule has 0 aliphatic carbocycles. The van der Waals surface area contributed by atoms with E-state index < -0.39 is 0 Å². The summed E-state index contributed by atoms with van der Waals surface area (Å²) < 4.78 is 0. The number of pyridine rings is 1. The number of carbonyl (C=O) groups is 1. The SMILES string of the molecule is CCCCCCCc1cc(=O)c2cc(CCSC(C)=O)ccc2[nH]1. The summed E-state index contributed by atoms with van der Waals surface area (Å²) >= 11 is 1.33. The van der Waals surface area contributed by atoms with Crippen LogP contribution in [0.15, 0.2) is 29.1 Å². The van der Waals surface area contributed by atoms with Crippen molar-refractivity contribution in [1.29, 1.82) is 0 Å². The van der Waals surface area contributed by atoms with Crippen molar-refractivity contribution in [3.05, 3.63) is 45.7 Å². The smallest absolute Gasteiger partial charge is 0.189 e. The number of fused-ring (bicyclic) bond motifs is 1. The van der Waals surface area contributed by atoms with E-state index in [4.69, 9.17) is 0 Å². The minimum atomic E-state index is 0.0911. The fraction of sp³-hybridized carbons (Fsp3) is 0.500. The Morgan fingerprint density at radius 3 is 2.62 bits per heavy atom. The Morgan fingerprint density at radius 2 is 1.88 bits per heavy atom. The molecule has 130 valence electrons. The van der Waals surface area contributed by atoms with Crippen molar-refractivity contribution in [3.8, 4) is 0 Å². The molecule has 1 aromatic heterocycles.